The van der Waals surface area contributed by atoms with Gasteiger partial charge in [0.2, 0.25) is 0 Å². The van der Waals surface area contributed by atoms with E-state index in [1.165, 1.54) is 6.42 Å². The molecule has 0 aromatic heterocycles. The second kappa shape index (κ2) is 5.50. The van der Waals surface area contributed by atoms with Crippen LogP contribution in [0, 0.1) is 0 Å². The van der Waals surface area contributed by atoms with Gasteiger partial charge in [0.25, 0.3) is 0 Å². The van der Waals surface area contributed by atoms with Gasteiger partial charge in [0.1, 0.15) is 0 Å². The van der Waals surface area contributed by atoms with Crippen molar-refractivity contribution in [2.45, 2.75) is 31.3 Å². The first-order chi connectivity index (χ1) is 8.65. The second-order valence-corrected chi connectivity index (χ2v) is 4.93. The van der Waals surface area contributed by atoms with Gasteiger partial charge in [0, 0.05) is 19.2 Å². The van der Waals surface area contributed by atoms with Crippen LogP contribution in [0.1, 0.15) is 35.2 Å². The molecule has 0 unspecified atom stereocenters. The van der Waals surface area contributed by atoms with Crippen LogP contribution in [0.3, 0.4) is 0 Å². The van der Waals surface area contributed by atoms with E-state index in [-0.39, 0.29) is 5.54 Å². The summed E-state index contributed by atoms with van der Waals surface area (Å²) in [4.78, 5) is 10.9. The Morgan fingerprint density at radius 1 is 1.50 bits per heavy atom. The lowest BCUT2D eigenvalue weighted by atomic mass is 9.77. The van der Waals surface area contributed by atoms with E-state index in [0.717, 1.165) is 18.4 Å². The first kappa shape index (κ1) is 13.1. The van der Waals surface area contributed by atoms with Crippen LogP contribution in [-0.4, -0.2) is 30.3 Å². The normalized spacial score (nSPS) is 17.2. The molecule has 1 aromatic carbocycles. The van der Waals surface area contributed by atoms with E-state index in [4.69, 9.17) is 9.84 Å². The Morgan fingerprint density at radius 2 is 2.28 bits per heavy atom. The molecule has 1 fully saturated rings. The van der Waals surface area contributed by atoms with Crippen LogP contribution in [0.15, 0.2) is 24.3 Å². The zero-order valence-electron chi connectivity index (χ0n) is 10.6. The Bertz CT molecular complexity index is 427. The molecule has 1 saturated carbocycles. The highest BCUT2D eigenvalue weighted by Gasteiger charge is 2.36. The molecular formula is C14H19NO3. The summed E-state index contributed by atoms with van der Waals surface area (Å²) in [5, 5.41) is 12.4. The van der Waals surface area contributed by atoms with E-state index in [1.807, 2.05) is 6.07 Å². The van der Waals surface area contributed by atoms with Gasteiger partial charge >= 0.3 is 5.97 Å². The molecule has 0 bridgehead atoms. The summed E-state index contributed by atoms with van der Waals surface area (Å²) >= 11 is 0. The highest BCUT2D eigenvalue weighted by Crippen LogP contribution is 2.32. The average Bonchev–Trinajstić information content (AvgIpc) is 2.33. The average molecular weight is 249 g/mol. The molecule has 0 aliphatic heterocycles. The topological polar surface area (TPSA) is 58.6 Å². The van der Waals surface area contributed by atoms with Crippen molar-refractivity contribution in [1.29, 1.82) is 0 Å². The van der Waals surface area contributed by atoms with Crippen LogP contribution in [-0.2, 0) is 11.3 Å². The van der Waals surface area contributed by atoms with Gasteiger partial charge in [0.15, 0.2) is 0 Å². The molecule has 0 amide bonds. The summed E-state index contributed by atoms with van der Waals surface area (Å²) in [5.74, 6) is -0.882. The molecule has 0 spiro atoms. The molecular weight excluding hydrogens is 230 g/mol. The maximum atomic E-state index is 10.9. The molecule has 1 aromatic rings. The molecule has 2 N–H and O–H groups in total. The van der Waals surface area contributed by atoms with Gasteiger partial charge in [-0.1, -0.05) is 12.1 Å². The van der Waals surface area contributed by atoms with Gasteiger partial charge in [0.05, 0.1) is 12.2 Å². The zero-order chi connectivity index (χ0) is 13.0. The summed E-state index contributed by atoms with van der Waals surface area (Å²) in [6.45, 7) is 1.40. The molecule has 4 heteroatoms. The van der Waals surface area contributed by atoms with Crippen LogP contribution in [0.5, 0.6) is 0 Å². The molecule has 18 heavy (non-hydrogen) atoms. The minimum absolute atomic E-state index is 0.0912. The minimum atomic E-state index is -0.882. The van der Waals surface area contributed by atoms with E-state index in [9.17, 15) is 4.79 Å². The minimum Gasteiger partial charge on any atom is -0.478 e. The summed E-state index contributed by atoms with van der Waals surface area (Å²) in [6, 6.07) is 7.05. The first-order valence-electron chi connectivity index (χ1n) is 6.21. The number of rotatable bonds is 6. The molecule has 2 rings (SSSR count). The van der Waals surface area contributed by atoms with Gasteiger partial charge < -0.3 is 15.2 Å². The number of ether oxygens (including phenoxy) is 1. The van der Waals surface area contributed by atoms with E-state index in [0.29, 0.717) is 18.7 Å². The number of hydrogen-bond donors (Lipinski definition) is 2. The standard InChI is InChI=1S/C14H19NO3/c1-18-10-14(6-3-7-14)15-9-11-4-2-5-12(8-11)13(16)17/h2,4-5,8,15H,3,6-7,9-10H2,1H3,(H,16,17). The Hall–Kier alpha value is -1.39. The van der Waals surface area contributed by atoms with Crippen molar-refractivity contribution in [3.63, 3.8) is 0 Å². The molecule has 98 valence electrons. The third kappa shape index (κ3) is 2.89. The number of hydrogen-bond acceptors (Lipinski definition) is 3. The van der Waals surface area contributed by atoms with E-state index >= 15 is 0 Å². The predicted octanol–water partition coefficient (Wildman–Crippen LogP) is 2.04. The molecule has 0 saturated heterocycles. The van der Waals surface area contributed by atoms with Crippen molar-refractivity contribution in [3.8, 4) is 0 Å². The maximum absolute atomic E-state index is 10.9. The predicted molar refractivity (Wildman–Crippen MR) is 68.7 cm³/mol. The lowest BCUT2D eigenvalue weighted by Gasteiger charge is -2.42. The van der Waals surface area contributed by atoms with Crippen LogP contribution in [0.4, 0.5) is 0 Å². The molecule has 0 atom stereocenters. The van der Waals surface area contributed by atoms with Crippen molar-refractivity contribution in [2.24, 2.45) is 0 Å². The first-order valence-corrected chi connectivity index (χ1v) is 6.21. The van der Waals surface area contributed by atoms with E-state index in [2.05, 4.69) is 5.32 Å². The van der Waals surface area contributed by atoms with Gasteiger partial charge in [-0.15, -0.1) is 0 Å². The van der Waals surface area contributed by atoms with Crippen molar-refractivity contribution < 1.29 is 14.6 Å². The van der Waals surface area contributed by atoms with Gasteiger partial charge in [-0.3, -0.25) is 0 Å². The highest BCUT2D eigenvalue weighted by atomic mass is 16.5. The molecule has 1 aliphatic rings. The summed E-state index contributed by atoms with van der Waals surface area (Å²) in [6.07, 6.45) is 3.48. The fraction of sp³-hybridized carbons (Fsp3) is 0.500. The molecule has 4 nitrogen and oxygen atoms in total. The van der Waals surface area contributed by atoms with E-state index in [1.54, 1.807) is 25.3 Å². The zero-order valence-corrected chi connectivity index (χ0v) is 10.6. The fourth-order valence-corrected chi connectivity index (χ4v) is 2.36. The monoisotopic (exact) mass is 249 g/mol. The highest BCUT2D eigenvalue weighted by molar-refractivity contribution is 5.87. The number of carbonyl (C=O) groups is 1. The number of nitrogens with one attached hydrogen (secondary N) is 1. The van der Waals surface area contributed by atoms with E-state index < -0.39 is 5.97 Å². The Kier molecular flexibility index (Phi) is 3.99. The van der Waals surface area contributed by atoms with Gasteiger partial charge in [-0.05, 0) is 37.0 Å². The van der Waals surface area contributed by atoms with Crippen molar-refractivity contribution in [2.75, 3.05) is 13.7 Å². The molecule has 1 aliphatic carbocycles. The number of carboxylic acids is 1. The lowest BCUT2D eigenvalue weighted by molar-refractivity contribution is 0.0549. The third-order valence-corrected chi connectivity index (χ3v) is 3.57. The van der Waals surface area contributed by atoms with Crippen molar-refractivity contribution in [3.05, 3.63) is 35.4 Å². The van der Waals surface area contributed by atoms with Gasteiger partial charge in [-0.2, -0.15) is 0 Å². The van der Waals surface area contributed by atoms with Crippen LogP contribution in [0.2, 0.25) is 0 Å². The Labute approximate surface area is 107 Å². The number of aromatic carboxylic acids is 1. The third-order valence-electron chi connectivity index (χ3n) is 3.57. The molecule has 0 radical (unpaired) electrons. The van der Waals surface area contributed by atoms with Crippen LogP contribution in [0.25, 0.3) is 0 Å². The Balaban J connectivity index is 1.97. The molecule has 0 heterocycles. The quantitative estimate of drug-likeness (QED) is 0.810. The van der Waals surface area contributed by atoms with Crippen LogP contribution < -0.4 is 5.32 Å². The Morgan fingerprint density at radius 3 is 2.83 bits per heavy atom. The largest absolute Gasteiger partial charge is 0.478 e. The smallest absolute Gasteiger partial charge is 0.335 e. The van der Waals surface area contributed by atoms with Crippen molar-refractivity contribution in [1.82, 2.24) is 5.32 Å². The van der Waals surface area contributed by atoms with Gasteiger partial charge in [-0.25, -0.2) is 4.79 Å². The number of benzene rings is 1. The SMILES string of the molecule is COCC1(NCc2cccc(C(=O)O)c2)CCC1. The summed E-state index contributed by atoms with van der Waals surface area (Å²) < 4.78 is 5.24. The lowest BCUT2D eigenvalue weighted by Crippen LogP contribution is -2.53. The van der Waals surface area contributed by atoms with Crippen molar-refractivity contribution >= 4 is 5.97 Å². The number of carboxylic acid groups (broad SMARTS) is 1. The maximum Gasteiger partial charge on any atom is 0.335 e. The summed E-state index contributed by atoms with van der Waals surface area (Å²) in [7, 11) is 1.72. The van der Waals surface area contributed by atoms with Crippen LogP contribution >= 0.6 is 0 Å². The summed E-state index contributed by atoms with van der Waals surface area (Å²) in [5.41, 5.74) is 1.43. The fourth-order valence-electron chi connectivity index (χ4n) is 2.36. The second-order valence-electron chi connectivity index (χ2n) is 4.93. The number of methoxy groups -OCH3 is 1.